The zero-order chi connectivity index (χ0) is 18.4. The number of thioether (sulfide) groups is 1. The monoisotopic (exact) mass is 359 g/mol. The van der Waals surface area contributed by atoms with E-state index in [-0.39, 0.29) is 24.0 Å². The van der Waals surface area contributed by atoms with Crippen molar-refractivity contribution in [2.24, 2.45) is 0 Å². The van der Waals surface area contributed by atoms with Crippen LogP contribution in [0.1, 0.15) is 18.2 Å². The summed E-state index contributed by atoms with van der Waals surface area (Å²) in [5, 5.41) is 5.28. The summed E-state index contributed by atoms with van der Waals surface area (Å²) in [6.07, 6.45) is 2.01. The molecule has 1 heterocycles. The molecule has 0 aliphatic carbocycles. The maximum Gasteiger partial charge on any atom is 0.274 e. The van der Waals surface area contributed by atoms with E-state index in [0.717, 1.165) is 10.5 Å². The molecule has 2 aromatic rings. The van der Waals surface area contributed by atoms with Gasteiger partial charge in [-0.15, -0.1) is 11.8 Å². The zero-order valence-corrected chi connectivity index (χ0v) is 15.3. The summed E-state index contributed by atoms with van der Waals surface area (Å²) in [5.74, 6) is -0.593. The predicted octanol–water partition coefficient (Wildman–Crippen LogP) is 2.15. The molecule has 0 unspecified atom stereocenters. The van der Waals surface area contributed by atoms with Crippen LogP contribution in [0.25, 0.3) is 0 Å². The fourth-order valence-electron chi connectivity index (χ4n) is 2.30. The summed E-state index contributed by atoms with van der Waals surface area (Å²) >= 11 is 1.66. The van der Waals surface area contributed by atoms with Crippen molar-refractivity contribution in [3.8, 4) is 0 Å². The van der Waals surface area contributed by atoms with E-state index in [2.05, 4.69) is 10.6 Å². The fourth-order valence-corrected chi connectivity index (χ4v) is 2.70. The summed E-state index contributed by atoms with van der Waals surface area (Å²) in [5.41, 5.74) is 1.41. The second kappa shape index (κ2) is 8.53. The van der Waals surface area contributed by atoms with Gasteiger partial charge in [0.15, 0.2) is 0 Å². The molecule has 0 saturated carbocycles. The third-order valence-electron chi connectivity index (χ3n) is 3.65. The molecule has 0 atom stereocenters. The number of benzene rings is 1. The van der Waals surface area contributed by atoms with Crippen LogP contribution in [0.3, 0.4) is 0 Å². The molecule has 1 aromatic carbocycles. The number of rotatable bonds is 6. The second-order valence-electron chi connectivity index (χ2n) is 5.59. The van der Waals surface area contributed by atoms with Crippen LogP contribution in [-0.2, 0) is 22.7 Å². The Morgan fingerprint density at radius 1 is 1.12 bits per heavy atom. The Balaban J connectivity index is 2.04. The highest BCUT2D eigenvalue weighted by Gasteiger charge is 2.11. The van der Waals surface area contributed by atoms with Gasteiger partial charge < -0.3 is 15.2 Å². The van der Waals surface area contributed by atoms with Gasteiger partial charge in [-0.3, -0.25) is 14.4 Å². The Bertz CT molecular complexity index is 828. The Morgan fingerprint density at radius 2 is 1.80 bits per heavy atom. The zero-order valence-electron chi connectivity index (χ0n) is 14.5. The van der Waals surface area contributed by atoms with Crippen molar-refractivity contribution < 1.29 is 9.59 Å². The first-order valence-corrected chi connectivity index (χ1v) is 9.01. The molecule has 0 saturated heterocycles. The predicted molar refractivity (Wildman–Crippen MR) is 99.8 cm³/mol. The van der Waals surface area contributed by atoms with Gasteiger partial charge in [-0.05, 0) is 43.0 Å². The van der Waals surface area contributed by atoms with E-state index in [1.165, 1.54) is 11.5 Å². The molecule has 25 heavy (non-hydrogen) atoms. The van der Waals surface area contributed by atoms with Crippen molar-refractivity contribution >= 4 is 29.3 Å². The quantitative estimate of drug-likeness (QED) is 0.775. The Hall–Kier alpha value is -2.54. The lowest BCUT2D eigenvalue weighted by molar-refractivity contribution is -0.121. The van der Waals surface area contributed by atoms with E-state index in [0.29, 0.717) is 12.2 Å². The Kier molecular flexibility index (Phi) is 6.41. The summed E-state index contributed by atoms with van der Waals surface area (Å²) in [7, 11) is 0. The summed E-state index contributed by atoms with van der Waals surface area (Å²) in [6.45, 7) is 3.37. The molecule has 0 aliphatic heterocycles. The number of nitrogens with zero attached hydrogens (tertiary/aromatic N) is 1. The number of aryl methyl sites for hydroxylation is 1. The molecule has 1 aromatic heterocycles. The third kappa shape index (κ3) is 5.22. The van der Waals surface area contributed by atoms with E-state index in [1.54, 1.807) is 30.8 Å². The van der Waals surface area contributed by atoms with Crippen molar-refractivity contribution in [3.63, 3.8) is 0 Å². The number of pyridine rings is 1. The molecule has 0 spiro atoms. The molecule has 0 aliphatic rings. The van der Waals surface area contributed by atoms with Gasteiger partial charge >= 0.3 is 0 Å². The molecular weight excluding hydrogens is 338 g/mol. The Morgan fingerprint density at radius 3 is 2.40 bits per heavy atom. The van der Waals surface area contributed by atoms with E-state index in [9.17, 15) is 14.4 Å². The van der Waals surface area contributed by atoms with Crippen LogP contribution in [0.5, 0.6) is 0 Å². The molecule has 2 N–H and O–H groups in total. The van der Waals surface area contributed by atoms with Gasteiger partial charge in [-0.2, -0.15) is 0 Å². The average molecular weight is 359 g/mol. The SMILES string of the molecule is CSc1ccc(CNC(=O)Cn2c(C)ccc(NC(C)=O)c2=O)cc1. The molecule has 0 radical (unpaired) electrons. The largest absolute Gasteiger partial charge is 0.350 e. The van der Waals surface area contributed by atoms with Gasteiger partial charge in [0, 0.05) is 24.1 Å². The molecule has 132 valence electrons. The third-order valence-corrected chi connectivity index (χ3v) is 4.40. The smallest absolute Gasteiger partial charge is 0.274 e. The topological polar surface area (TPSA) is 80.2 Å². The maximum atomic E-state index is 12.4. The minimum atomic E-state index is -0.394. The van der Waals surface area contributed by atoms with Crippen LogP contribution in [0, 0.1) is 6.92 Å². The minimum absolute atomic E-state index is 0.0962. The first-order chi connectivity index (χ1) is 11.9. The van der Waals surface area contributed by atoms with E-state index >= 15 is 0 Å². The number of hydrogen-bond acceptors (Lipinski definition) is 4. The van der Waals surface area contributed by atoms with Gasteiger partial charge in [-0.1, -0.05) is 12.1 Å². The van der Waals surface area contributed by atoms with Crippen molar-refractivity contribution in [2.75, 3.05) is 11.6 Å². The number of nitrogens with one attached hydrogen (secondary N) is 2. The van der Waals surface area contributed by atoms with Gasteiger partial charge in [0.1, 0.15) is 12.2 Å². The molecular formula is C18H21N3O3S. The average Bonchev–Trinajstić information content (AvgIpc) is 2.59. The number of hydrogen-bond donors (Lipinski definition) is 2. The number of aromatic nitrogens is 1. The number of amides is 2. The van der Waals surface area contributed by atoms with Crippen molar-refractivity contribution in [1.82, 2.24) is 9.88 Å². The van der Waals surface area contributed by atoms with Crippen LogP contribution in [0.2, 0.25) is 0 Å². The minimum Gasteiger partial charge on any atom is -0.350 e. The molecule has 2 rings (SSSR count). The van der Waals surface area contributed by atoms with Crippen LogP contribution < -0.4 is 16.2 Å². The molecule has 0 bridgehead atoms. The highest BCUT2D eigenvalue weighted by atomic mass is 32.2. The van der Waals surface area contributed by atoms with Crippen LogP contribution in [0.15, 0.2) is 46.1 Å². The first kappa shape index (κ1) is 18.8. The normalized spacial score (nSPS) is 10.4. The van der Waals surface area contributed by atoms with Crippen molar-refractivity contribution in [3.05, 3.63) is 58.0 Å². The standard InChI is InChI=1S/C18H21N3O3S/c1-12-4-9-16(20-13(2)22)18(24)21(12)11-17(23)19-10-14-5-7-15(25-3)8-6-14/h4-9H,10-11H2,1-3H3,(H,19,23)(H,20,22). The number of carbonyl (C=O) groups is 2. The van der Waals surface area contributed by atoms with Crippen LogP contribution in [-0.4, -0.2) is 22.6 Å². The summed E-state index contributed by atoms with van der Waals surface area (Å²) < 4.78 is 1.34. The summed E-state index contributed by atoms with van der Waals surface area (Å²) in [6, 6.07) is 11.2. The van der Waals surface area contributed by atoms with E-state index < -0.39 is 5.56 Å². The highest BCUT2D eigenvalue weighted by molar-refractivity contribution is 7.98. The lowest BCUT2D eigenvalue weighted by Gasteiger charge is -2.12. The van der Waals surface area contributed by atoms with Gasteiger partial charge in [0.25, 0.3) is 5.56 Å². The molecule has 6 nitrogen and oxygen atoms in total. The maximum absolute atomic E-state index is 12.4. The van der Waals surface area contributed by atoms with Gasteiger partial charge in [0.2, 0.25) is 11.8 Å². The highest BCUT2D eigenvalue weighted by Crippen LogP contribution is 2.14. The number of anilines is 1. The van der Waals surface area contributed by atoms with Crippen LogP contribution >= 0.6 is 11.8 Å². The van der Waals surface area contributed by atoms with Crippen molar-refractivity contribution in [2.45, 2.75) is 31.8 Å². The van der Waals surface area contributed by atoms with E-state index in [1.807, 2.05) is 30.5 Å². The van der Waals surface area contributed by atoms with E-state index in [4.69, 9.17) is 0 Å². The summed E-state index contributed by atoms with van der Waals surface area (Å²) in [4.78, 5) is 36.9. The number of carbonyl (C=O) groups excluding carboxylic acids is 2. The van der Waals surface area contributed by atoms with Crippen LogP contribution in [0.4, 0.5) is 5.69 Å². The van der Waals surface area contributed by atoms with Crippen molar-refractivity contribution in [1.29, 1.82) is 0 Å². The first-order valence-electron chi connectivity index (χ1n) is 7.78. The lowest BCUT2D eigenvalue weighted by atomic mass is 10.2. The fraction of sp³-hybridized carbons (Fsp3) is 0.278. The molecule has 0 fully saturated rings. The Labute approximate surface area is 150 Å². The lowest BCUT2D eigenvalue weighted by Crippen LogP contribution is -2.34. The van der Waals surface area contributed by atoms with Gasteiger partial charge in [-0.25, -0.2) is 0 Å². The molecule has 7 heteroatoms. The second-order valence-corrected chi connectivity index (χ2v) is 6.47. The molecule has 2 amide bonds. The van der Waals surface area contributed by atoms with Gasteiger partial charge in [0.05, 0.1) is 0 Å².